The molecule has 1 radical (unpaired) electrons. The van der Waals surface area contributed by atoms with Gasteiger partial charge in [0.1, 0.15) is 0 Å². The third kappa shape index (κ3) is 7.22. The molecule has 0 rings (SSSR count). The van der Waals surface area contributed by atoms with Crippen LogP contribution in [0.1, 0.15) is 19.8 Å². The molecule has 0 aliphatic rings. The second-order valence-electron chi connectivity index (χ2n) is 1.98. The van der Waals surface area contributed by atoms with E-state index in [1.54, 1.807) is 0 Å². The minimum absolute atomic E-state index is 1.00. The van der Waals surface area contributed by atoms with Gasteiger partial charge in [0, 0.05) is 0 Å². The van der Waals surface area contributed by atoms with Crippen LogP contribution in [0.3, 0.4) is 0 Å². The van der Waals surface area contributed by atoms with Crippen LogP contribution < -0.4 is 0 Å². The third-order valence-electron chi connectivity index (χ3n) is 1.11. The number of hydrogen-bond donors (Lipinski definition) is 0. The Morgan fingerprint density at radius 1 is 1.00 bits per heavy atom. The van der Waals surface area contributed by atoms with Crippen molar-refractivity contribution in [3.63, 3.8) is 0 Å². The molecule has 0 saturated carbocycles. The van der Waals surface area contributed by atoms with E-state index in [4.69, 9.17) is 0 Å². The zero-order valence-corrected chi connectivity index (χ0v) is 6.59. The highest BCUT2D eigenvalue weighted by atomic mass is 13.8. The van der Waals surface area contributed by atoms with Crippen molar-refractivity contribution in [1.29, 1.82) is 0 Å². The van der Waals surface area contributed by atoms with Gasteiger partial charge in [-0.05, 0) is 26.7 Å². The van der Waals surface area contributed by atoms with Gasteiger partial charge in [-0.2, -0.15) is 0 Å². The van der Waals surface area contributed by atoms with Gasteiger partial charge in [-0.1, -0.05) is 36.5 Å². The lowest BCUT2D eigenvalue weighted by Gasteiger charge is -1.80. The summed E-state index contributed by atoms with van der Waals surface area (Å²) in [6.07, 6.45) is 14.4. The second-order valence-corrected chi connectivity index (χ2v) is 1.98. The van der Waals surface area contributed by atoms with Gasteiger partial charge in [-0.3, -0.25) is 0 Å². The Hall–Kier alpha value is -0.780. The Kier molecular flexibility index (Phi) is 7.58. The first-order chi connectivity index (χ1) is 4.91. The standard InChI is InChI=1S/C10H15/c1-3-5-7-9-10-8-6-4-2/h3-6,9-10H,1,7-8H2,2H3/b5-3+,6-4+,10-9+. The normalized spacial score (nSPS) is 12.6. The fourth-order valence-corrected chi connectivity index (χ4v) is 0.582. The van der Waals surface area contributed by atoms with Crippen molar-refractivity contribution in [3.05, 3.63) is 43.4 Å². The molecular weight excluding hydrogens is 120 g/mol. The zero-order valence-electron chi connectivity index (χ0n) is 6.59. The van der Waals surface area contributed by atoms with Gasteiger partial charge in [0.25, 0.3) is 0 Å². The first-order valence-corrected chi connectivity index (χ1v) is 3.62. The second kappa shape index (κ2) is 8.22. The summed E-state index contributed by atoms with van der Waals surface area (Å²) in [7, 11) is 0. The van der Waals surface area contributed by atoms with Gasteiger partial charge >= 0.3 is 0 Å². The first-order valence-electron chi connectivity index (χ1n) is 3.62. The van der Waals surface area contributed by atoms with E-state index in [2.05, 4.69) is 31.2 Å². The first kappa shape index (κ1) is 9.22. The smallest absolute Gasteiger partial charge is 0.0169 e. The summed E-state index contributed by atoms with van der Waals surface area (Å²) in [5, 5.41) is 0. The Morgan fingerprint density at radius 3 is 2.10 bits per heavy atom. The van der Waals surface area contributed by atoms with Crippen LogP contribution in [0.4, 0.5) is 0 Å². The maximum atomic E-state index is 3.59. The molecule has 0 heterocycles. The summed E-state index contributed by atoms with van der Waals surface area (Å²) in [4.78, 5) is 0. The lowest BCUT2D eigenvalue weighted by molar-refractivity contribution is 1.31. The maximum absolute atomic E-state index is 3.59. The van der Waals surface area contributed by atoms with Crippen molar-refractivity contribution in [2.75, 3.05) is 0 Å². The Labute approximate surface area is 64.0 Å². The van der Waals surface area contributed by atoms with E-state index >= 15 is 0 Å². The molecule has 0 aromatic heterocycles. The topological polar surface area (TPSA) is 0 Å². The molecule has 0 bridgehead atoms. The predicted molar refractivity (Wildman–Crippen MR) is 47.7 cm³/mol. The minimum Gasteiger partial charge on any atom is -0.0914 e. The van der Waals surface area contributed by atoms with Crippen LogP contribution in [-0.4, -0.2) is 0 Å². The van der Waals surface area contributed by atoms with Crippen LogP contribution >= 0.6 is 0 Å². The van der Waals surface area contributed by atoms with Gasteiger partial charge in [0.2, 0.25) is 0 Å². The largest absolute Gasteiger partial charge is 0.0914 e. The predicted octanol–water partition coefficient (Wildman–Crippen LogP) is 3.29. The molecule has 0 N–H and O–H groups in total. The van der Waals surface area contributed by atoms with Crippen LogP contribution in [0.5, 0.6) is 0 Å². The van der Waals surface area contributed by atoms with Crippen LogP contribution in [0.25, 0.3) is 0 Å². The van der Waals surface area contributed by atoms with Gasteiger partial charge in [-0.15, -0.1) is 0 Å². The van der Waals surface area contributed by atoms with Crippen LogP contribution in [0.15, 0.2) is 36.5 Å². The van der Waals surface area contributed by atoms with E-state index < -0.39 is 0 Å². The van der Waals surface area contributed by atoms with Crippen molar-refractivity contribution in [2.45, 2.75) is 19.8 Å². The molecule has 0 aromatic rings. The van der Waals surface area contributed by atoms with E-state index in [-0.39, 0.29) is 0 Å². The summed E-state index contributed by atoms with van der Waals surface area (Å²) >= 11 is 0. The van der Waals surface area contributed by atoms with Gasteiger partial charge in [-0.25, -0.2) is 0 Å². The quantitative estimate of drug-likeness (QED) is 0.519. The molecule has 0 nitrogen and oxygen atoms in total. The third-order valence-corrected chi connectivity index (χ3v) is 1.11. The van der Waals surface area contributed by atoms with E-state index in [0.717, 1.165) is 12.8 Å². The highest BCUT2D eigenvalue weighted by molar-refractivity contribution is 4.96. The van der Waals surface area contributed by atoms with Crippen molar-refractivity contribution in [1.82, 2.24) is 0 Å². The summed E-state index contributed by atoms with van der Waals surface area (Å²) < 4.78 is 0. The molecule has 0 amide bonds. The Bertz CT molecular complexity index is 111. The molecule has 55 valence electrons. The van der Waals surface area contributed by atoms with E-state index in [1.807, 2.05) is 19.1 Å². The highest BCUT2D eigenvalue weighted by Crippen LogP contribution is 1.89. The number of rotatable bonds is 4. The van der Waals surface area contributed by atoms with E-state index in [1.165, 1.54) is 0 Å². The van der Waals surface area contributed by atoms with Gasteiger partial charge in [0.15, 0.2) is 0 Å². The highest BCUT2D eigenvalue weighted by Gasteiger charge is 1.68. The molecule has 10 heavy (non-hydrogen) atoms. The molecule has 0 fully saturated rings. The molecule has 0 heteroatoms. The zero-order chi connectivity index (χ0) is 7.66. The summed E-state index contributed by atoms with van der Waals surface area (Å²) in [6, 6.07) is 0. The van der Waals surface area contributed by atoms with Gasteiger partial charge < -0.3 is 0 Å². The van der Waals surface area contributed by atoms with Crippen molar-refractivity contribution in [3.8, 4) is 0 Å². The summed E-state index contributed by atoms with van der Waals surface area (Å²) in [6.45, 7) is 5.62. The molecule has 0 aliphatic heterocycles. The van der Waals surface area contributed by atoms with Gasteiger partial charge in [0.05, 0.1) is 0 Å². The van der Waals surface area contributed by atoms with Crippen LogP contribution in [0, 0.1) is 6.92 Å². The monoisotopic (exact) mass is 135 g/mol. The molecule has 0 atom stereocenters. The molecule has 0 saturated heterocycles. The SMILES string of the molecule is [CH2]/C=C/C/C=C/C/C=C/C. The van der Waals surface area contributed by atoms with Crippen LogP contribution in [-0.2, 0) is 0 Å². The fraction of sp³-hybridized carbons (Fsp3) is 0.300. The van der Waals surface area contributed by atoms with E-state index in [0.29, 0.717) is 0 Å². The molecule has 0 spiro atoms. The summed E-state index contributed by atoms with van der Waals surface area (Å²) in [5.74, 6) is 0. The number of allylic oxidation sites excluding steroid dienone is 6. The van der Waals surface area contributed by atoms with Crippen molar-refractivity contribution < 1.29 is 0 Å². The average Bonchev–Trinajstić information content (AvgIpc) is 1.97. The lowest BCUT2D eigenvalue weighted by Crippen LogP contribution is -1.59. The van der Waals surface area contributed by atoms with Crippen LogP contribution in [0.2, 0.25) is 0 Å². The maximum Gasteiger partial charge on any atom is -0.0169 e. The lowest BCUT2D eigenvalue weighted by atomic mass is 10.3. The molecule has 0 aliphatic carbocycles. The Morgan fingerprint density at radius 2 is 1.60 bits per heavy atom. The fourth-order valence-electron chi connectivity index (χ4n) is 0.582. The number of hydrogen-bond acceptors (Lipinski definition) is 0. The van der Waals surface area contributed by atoms with Crippen molar-refractivity contribution >= 4 is 0 Å². The molecule has 0 aromatic carbocycles. The Balaban J connectivity index is 3.20. The van der Waals surface area contributed by atoms with Crippen molar-refractivity contribution in [2.24, 2.45) is 0 Å². The average molecular weight is 135 g/mol. The van der Waals surface area contributed by atoms with E-state index in [9.17, 15) is 0 Å². The summed E-state index contributed by atoms with van der Waals surface area (Å²) in [5.41, 5.74) is 0. The minimum atomic E-state index is 1.00. The molecule has 0 unspecified atom stereocenters. The molecular formula is C10H15.